The lowest BCUT2D eigenvalue weighted by Crippen LogP contribution is -2.32. The zero-order valence-electron chi connectivity index (χ0n) is 12.5. The van der Waals surface area contributed by atoms with Gasteiger partial charge in [0.1, 0.15) is 0 Å². The molecule has 0 saturated carbocycles. The lowest BCUT2D eigenvalue weighted by Gasteiger charge is -2.22. The summed E-state index contributed by atoms with van der Waals surface area (Å²) in [5.41, 5.74) is 2.77. The summed E-state index contributed by atoms with van der Waals surface area (Å²) >= 11 is 0. The van der Waals surface area contributed by atoms with Crippen molar-refractivity contribution in [2.75, 3.05) is 6.54 Å². The van der Waals surface area contributed by atoms with Crippen LogP contribution in [0, 0.1) is 0 Å². The highest BCUT2D eigenvalue weighted by Crippen LogP contribution is 2.24. The zero-order valence-corrected chi connectivity index (χ0v) is 12.5. The highest BCUT2D eigenvalue weighted by atomic mass is 14.9. The molecule has 0 aliphatic carbocycles. The molecule has 0 radical (unpaired) electrons. The van der Waals surface area contributed by atoms with Crippen LogP contribution in [0.25, 0.3) is 0 Å². The van der Waals surface area contributed by atoms with Gasteiger partial charge in [0.15, 0.2) is 0 Å². The molecule has 2 aromatic carbocycles. The van der Waals surface area contributed by atoms with E-state index < -0.39 is 0 Å². The molecule has 0 heterocycles. The summed E-state index contributed by atoms with van der Waals surface area (Å²) in [6.45, 7) is 5.50. The van der Waals surface area contributed by atoms with Crippen molar-refractivity contribution in [2.45, 2.75) is 38.6 Å². The smallest absolute Gasteiger partial charge is 0.0214 e. The summed E-state index contributed by atoms with van der Waals surface area (Å²) in [6, 6.07) is 22.2. The lowest BCUT2D eigenvalue weighted by atomic mass is 9.91. The van der Waals surface area contributed by atoms with Gasteiger partial charge in [-0.1, -0.05) is 74.5 Å². The van der Waals surface area contributed by atoms with Crippen LogP contribution in [0.1, 0.15) is 43.7 Å². The molecule has 0 aliphatic heterocycles. The van der Waals surface area contributed by atoms with E-state index >= 15 is 0 Å². The number of nitrogens with one attached hydrogen (secondary N) is 1. The summed E-state index contributed by atoms with van der Waals surface area (Å²) in [4.78, 5) is 0. The second-order valence-corrected chi connectivity index (χ2v) is 5.30. The van der Waals surface area contributed by atoms with Gasteiger partial charge in [0.2, 0.25) is 0 Å². The molecule has 106 valence electrons. The summed E-state index contributed by atoms with van der Waals surface area (Å²) < 4.78 is 0. The summed E-state index contributed by atoms with van der Waals surface area (Å²) in [7, 11) is 0. The van der Waals surface area contributed by atoms with E-state index in [2.05, 4.69) is 79.8 Å². The highest BCUT2D eigenvalue weighted by molar-refractivity contribution is 5.32. The fourth-order valence-corrected chi connectivity index (χ4v) is 2.66. The molecule has 2 aromatic rings. The van der Waals surface area contributed by atoms with Crippen molar-refractivity contribution in [3.63, 3.8) is 0 Å². The Labute approximate surface area is 123 Å². The van der Waals surface area contributed by atoms with Gasteiger partial charge in [-0.05, 0) is 24.0 Å². The summed E-state index contributed by atoms with van der Waals surface area (Å²) in [6.07, 6.45) is 2.37. The second kappa shape index (κ2) is 7.86. The van der Waals surface area contributed by atoms with Crippen LogP contribution in [-0.4, -0.2) is 12.6 Å². The predicted molar refractivity (Wildman–Crippen MR) is 87.1 cm³/mol. The van der Waals surface area contributed by atoms with E-state index in [1.54, 1.807) is 0 Å². The van der Waals surface area contributed by atoms with Gasteiger partial charge in [0.25, 0.3) is 0 Å². The molecule has 2 rings (SSSR count). The Morgan fingerprint density at radius 2 is 1.20 bits per heavy atom. The molecule has 1 N–H and O–H groups in total. The van der Waals surface area contributed by atoms with E-state index in [1.165, 1.54) is 24.0 Å². The van der Waals surface area contributed by atoms with Crippen LogP contribution in [0.3, 0.4) is 0 Å². The molecule has 0 amide bonds. The molecule has 20 heavy (non-hydrogen) atoms. The van der Waals surface area contributed by atoms with Crippen molar-refractivity contribution in [3.05, 3.63) is 71.8 Å². The first kappa shape index (κ1) is 14.8. The Kier molecular flexibility index (Phi) is 5.82. The molecule has 0 saturated heterocycles. The van der Waals surface area contributed by atoms with Gasteiger partial charge >= 0.3 is 0 Å². The number of hydrogen-bond acceptors (Lipinski definition) is 1. The average Bonchev–Trinajstić information content (AvgIpc) is 2.53. The summed E-state index contributed by atoms with van der Waals surface area (Å²) in [5, 5.41) is 3.72. The van der Waals surface area contributed by atoms with Crippen LogP contribution in [0.2, 0.25) is 0 Å². The molecule has 0 unspecified atom stereocenters. The maximum Gasteiger partial charge on any atom is 0.0214 e. The first-order valence-corrected chi connectivity index (χ1v) is 7.68. The van der Waals surface area contributed by atoms with E-state index in [-0.39, 0.29) is 0 Å². The molecule has 0 atom stereocenters. The second-order valence-electron chi connectivity index (χ2n) is 5.30. The quantitative estimate of drug-likeness (QED) is 0.773. The average molecular weight is 267 g/mol. The molecular formula is C19H25N. The summed E-state index contributed by atoms with van der Waals surface area (Å²) in [5.74, 6) is 0.429. The van der Waals surface area contributed by atoms with Crippen LogP contribution < -0.4 is 5.32 Å². The predicted octanol–water partition coefficient (Wildman–Crippen LogP) is 4.60. The molecule has 0 spiro atoms. The Morgan fingerprint density at radius 3 is 1.60 bits per heavy atom. The van der Waals surface area contributed by atoms with Gasteiger partial charge in [-0.25, -0.2) is 0 Å². The molecule has 1 heteroatoms. The van der Waals surface area contributed by atoms with E-state index in [0.29, 0.717) is 12.0 Å². The van der Waals surface area contributed by atoms with Crippen molar-refractivity contribution >= 4 is 0 Å². The van der Waals surface area contributed by atoms with Gasteiger partial charge in [0.05, 0.1) is 0 Å². The first-order chi connectivity index (χ1) is 9.85. The fraction of sp³-hybridized carbons (Fsp3) is 0.368. The Bertz CT molecular complexity index is 434. The van der Waals surface area contributed by atoms with Gasteiger partial charge < -0.3 is 5.32 Å². The SMILES string of the molecule is CCC(CC)NCC(c1ccccc1)c1ccccc1. The standard InChI is InChI=1S/C19H25N/c1-3-18(4-2)20-15-19(16-11-7-5-8-12-16)17-13-9-6-10-14-17/h5-14,18-20H,3-4,15H2,1-2H3. The minimum absolute atomic E-state index is 0.429. The van der Waals surface area contributed by atoms with Crippen molar-refractivity contribution in [1.82, 2.24) is 5.32 Å². The molecule has 0 fully saturated rings. The van der Waals surface area contributed by atoms with Gasteiger partial charge in [0, 0.05) is 18.5 Å². The number of benzene rings is 2. The Hall–Kier alpha value is -1.60. The number of rotatable bonds is 7. The fourth-order valence-electron chi connectivity index (χ4n) is 2.66. The Morgan fingerprint density at radius 1 is 0.750 bits per heavy atom. The zero-order chi connectivity index (χ0) is 14.2. The van der Waals surface area contributed by atoms with Crippen LogP contribution in [-0.2, 0) is 0 Å². The van der Waals surface area contributed by atoms with Gasteiger partial charge in [-0.3, -0.25) is 0 Å². The van der Waals surface area contributed by atoms with Crippen LogP contribution in [0.15, 0.2) is 60.7 Å². The molecular weight excluding hydrogens is 242 g/mol. The van der Waals surface area contributed by atoms with Crippen LogP contribution >= 0.6 is 0 Å². The van der Waals surface area contributed by atoms with Crippen molar-refractivity contribution in [1.29, 1.82) is 0 Å². The maximum absolute atomic E-state index is 3.72. The van der Waals surface area contributed by atoms with Crippen molar-refractivity contribution < 1.29 is 0 Å². The van der Waals surface area contributed by atoms with E-state index in [1.807, 2.05) is 0 Å². The van der Waals surface area contributed by atoms with Gasteiger partial charge in [-0.2, -0.15) is 0 Å². The van der Waals surface area contributed by atoms with Crippen LogP contribution in [0.5, 0.6) is 0 Å². The lowest BCUT2D eigenvalue weighted by molar-refractivity contribution is 0.473. The normalized spacial score (nSPS) is 11.2. The van der Waals surface area contributed by atoms with Crippen LogP contribution in [0.4, 0.5) is 0 Å². The molecule has 0 aliphatic rings. The largest absolute Gasteiger partial charge is 0.313 e. The maximum atomic E-state index is 3.72. The monoisotopic (exact) mass is 267 g/mol. The third-order valence-electron chi connectivity index (χ3n) is 4.00. The minimum Gasteiger partial charge on any atom is -0.313 e. The minimum atomic E-state index is 0.429. The third-order valence-corrected chi connectivity index (χ3v) is 4.00. The molecule has 0 aromatic heterocycles. The first-order valence-electron chi connectivity index (χ1n) is 7.68. The van der Waals surface area contributed by atoms with Gasteiger partial charge in [-0.15, -0.1) is 0 Å². The Balaban J connectivity index is 2.17. The van der Waals surface area contributed by atoms with Crippen molar-refractivity contribution in [3.8, 4) is 0 Å². The highest BCUT2D eigenvalue weighted by Gasteiger charge is 2.14. The third kappa shape index (κ3) is 3.94. The van der Waals surface area contributed by atoms with Crippen molar-refractivity contribution in [2.24, 2.45) is 0 Å². The number of hydrogen-bond donors (Lipinski definition) is 1. The molecule has 0 bridgehead atoms. The molecule has 1 nitrogen and oxygen atoms in total. The van der Waals surface area contributed by atoms with E-state index in [0.717, 1.165) is 6.54 Å². The topological polar surface area (TPSA) is 12.0 Å². The van der Waals surface area contributed by atoms with E-state index in [4.69, 9.17) is 0 Å². The van der Waals surface area contributed by atoms with E-state index in [9.17, 15) is 0 Å².